The summed E-state index contributed by atoms with van der Waals surface area (Å²) in [6.45, 7) is 4.99. The van der Waals surface area contributed by atoms with Gasteiger partial charge in [0.05, 0.1) is 18.9 Å². The summed E-state index contributed by atoms with van der Waals surface area (Å²) in [5.74, 6) is 1.87. The molecule has 0 aliphatic carbocycles. The van der Waals surface area contributed by atoms with Crippen molar-refractivity contribution in [2.45, 2.75) is 13.5 Å². The second-order valence-electron chi connectivity index (χ2n) is 6.09. The summed E-state index contributed by atoms with van der Waals surface area (Å²) < 4.78 is 11.2. The quantitative estimate of drug-likeness (QED) is 0.634. The molecule has 0 amide bonds. The first kappa shape index (κ1) is 18.8. The highest BCUT2D eigenvalue weighted by Gasteiger charge is 2.16. The zero-order chi connectivity index (χ0) is 19.1. The van der Waals surface area contributed by atoms with E-state index in [9.17, 15) is 0 Å². The lowest BCUT2D eigenvalue weighted by Gasteiger charge is -2.28. The van der Waals surface area contributed by atoms with E-state index >= 15 is 0 Å². The predicted octanol–water partition coefficient (Wildman–Crippen LogP) is 1.78. The Morgan fingerprint density at radius 3 is 2.81 bits per heavy atom. The van der Waals surface area contributed by atoms with E-state index in [1.807, 2.05) is 24.3 Å². The number of hydrogen-bond acceptors (Lipinski definition) is 8. The minimum atomic E-state index is 0.260. The molecule has 2 aromatic rings. The molecule has 2 aromatic heterocycles. The average molecular weight is 368 g/mol. The number of aromatic nitrogens is 3. The number of morpholine rings is 1. The summed E-state index contributed by atoms with van der Waals surface area (Å²) >= 11 is 0. The molecular weight excluding hydrogens is 344 g/mol. The van der Waals surface area contributed by atoms with Crippen LogP contribution in [0, 0.1) is 0 Å². The van der Waals surface area contributed by atoms with Gasteiger partial charge in [-0.3, -0.25) is 9.98 Å². The first-order valence-corrected chi connectivity index (χ1v) is 8.81. The van der Waals surface area contributed by atoms with Crippen molar-refractivity contribution in [3.8, 4) is 11.5 Å². The van der Waals surface area contributed by atoms with Gasteiger partial charge in [0.1, 0.15) is 18.1 Å². The Hall–Kier alpha value is -3.00. The molecule has 8 nitrogen and oxygen atoms in total. The fourth-order valence-corrected chi connectivity index (χ4v) is 2.63. The molecule has 1 saturated heterocycles. The Kier molecular flexibility index (Phi) is 6.32. The third-order valence-electron chi connectivity index (χ3n) is 3.93. The van der Waals surface area contributed by atoms with E-state index in [0.717, 1.165) is 30.3 Å². The molecule has 0 spiro atoms. The molecule has 3 heterocycles. The maximum atomic E-state index is 5.76. The molecule has 0 saturated carbocycles. The van der Waals surface area contributed by atoms with Crippen molar-refractivity contribution < 1.29 is 9.47 Å². The number of nitrogens with two attached hydrogens (primary N) is 1. The number of hydrogen-bond donors (Lipinski definition) is 1. The molecule has 2 N–H and O–H groups in total. The first-order chi connectivity index (χ1) is 13.2. The van der Waals surface area contributed by atoms with Crippen molar-refractivity contribution in [1.29, 1.82) is 0 Å². The first-order valence-electron chi connectivity index (χ1n) is 8.81. The molecular formula is C19H24N6O2. The lowest BCUT2D eigenvalue weighted by Crippen LogP contribution is -2.37. The van der Waals surface area contributed by atoms with Crippen LogP contribution in [0.25, 0.3) is 11.5 Å². The maximum absolute atomic E-state index is 5.76. The number of rotatable bonds is 5. The molecule has 1 fully saturated rings. The van der Waals surface area contributed by atoms with Gasteiger partial charge in [-0.1, -0.05) is 6.07 Å². The van der Waals surface area contributed by atoms with E-state index < -0.39 is 0 Å². The fraction of sp³-hybridized carbons (Fsp3) is 0.368. The molecule has 0 radical (unpaired) electrons. The normalized spacial score (nSPS) is 15.7. The van der Waals surface area contributed by atoms with Crippen molar-refractivity contribution >= 4 is 11.7 Å². The molecule has 142 valence electrons. The predicted molar refractivity (Wildman–Crippen MR) is 104 cm³/mol. The Balaban J connectivity index is 1.88. The van der Waals surface area contributed by atoms with Gasteiger partial charge in [0.2, 0.25) is 5.90 Å². The minimum Gasteiger partial charge on any atom is -0.471 e. The summed E-state index contributed by atoms with van der Waals surface area (Å²) in [5.41, 5.74) is 7.80. The number of aliphatic imine (C=N–C) groups is 1. The summed E-state index contributed by atoms with van der Waals surface area (Å²) in [7, 11) is 1.66. The monoisotopic (exact) mass is 368 g/mol. The molecule has 0 unspecified atom stereocenters. The van der Waals surface area contributed by atoms with E-state index in [1.54, 1.807) is 26.2 Å². The van der Waals surface area contributed by atoms with Crippen LogP contribution in [0.3, 0.4) is 0 Å². The van der Waals surface area contributed by atoms with Crippen LogP contribution in [-0.2, 0) is 16.1 Å². The Morgan fingerprint density at radius 1 is 1.33 bits per heavy atom. The SMILES string of the molecule is CN=C(C=C(C)N)OCc1cc(N2CCOCC2)nc(-c2ccccn2)n1. The molecule has 0 atom stereocenters. The van der Waals surface area contributed by atoms with Crippen LogP contribution >= 0.6 is 0 Å². The van der Waals surface area contributed by atoms with Crippen LogP contribution in [0.2, 0.25) is 0 Å². The fourth-order valence-electron chi connectivity index (χ4n) is 2.63. The van der Waals surface area contributed by atoms with Gasteiger partial charge in [-0.15, -0.1) is 0 Å². The number of pyridine rings is 1. The maximum Gasteiger partial charge on any atom is 0.210 e. The smallest absolute Gasteiger partial charge is 0.210 e. The van der Waals surface area contributed by atoms with Crippen molar-refractivity contribution in [3.63, 3.8) is 0 Å². The number of nitrogens with zero attached hydrogens (tertiary/aromatic N) is 5. The third-order valence-corrected chi connectivity index (χ3v) is 3.93. The number of ether oxygens (including phenoxy) is 2. The van der Waals surface area contributed by atoms with E-state index in [4.69, 9.17) is 20.2 Å². The molecule has 0 bridgehead atoms. The van der Waals surface area contributed by atoms with Crippen molar-refractivity contribution in [3.05, 3.63) is 47.9 Å². The highest BCUT2D eigenvalue weighted by molar-refractivity contribution is 5.88. The Labute approximate surface area is 158 Å². The molecule has 0 aromatic carbocycles. The zero-order valence-electron chi connectivity index (χ0n) is 15.6. The van der Waals surface area contributed by atoms with Crippen molar-refractivity contribution in [1.82, 2.24) is 15.0 Å². The van der Waals surface area contributed by atoms with E-state index in [-0.39, 0.29) is 6.61 Å². The van der Waals surface area contributed by atoms with Crippen LogP contribution in [0.1, 0.15) is 12.6 Å². The van der Waals surface area contributed by atoms with Gasteiger partial charge in [-0.25, -0.2) is 9.97 Å². The van der Waals surface area contributed by atoms with Gasteiger partial charge < -0.3 is 20.1 Å². The second-order valence-corrected chi connectivity index (χ2v) is 6.09. The average Bonchev–Trinajstić information content (AvgIpc) is 2.72. The summed E-state index contributed by atoms with van der Waals surface area (Å²) in [6.07, 6.45) is 3.41. The lowest BCUT2D eigenvalue weighted by atomic mass is 10.3. The largest absolute Gasteiger partial charge is 0.471 e. The van der Waals surface area contributed by atoms with Crippen LogP contribution in [0.15, 0.2) is 47.2 Å². The van der Waals surface area contributed by atoms with Crippen molar-refractivity contribution in [2.24, 2.45) is 10.7 Å². The highest BCUT2D eigenvalue weighted by atomic mass is 16.5. The second kappa shape index (κ2) is 9.09. The molecule has 8 heteroatoms. The van der Waals surface area contributed by atoms with Gasteiger partial charge >= 0.3 is 0 Å². The highest BCUT2D eigenvalue weighted by Crippen LogP contribution is 2.20. The van der Waals surface area contributed by atoms with Crippen LogP contribution in [0.5, 0.6) is 0 Å². The topological polar surface area (TPSA) is 98.8 Å². The van der Waals surface area contributed by atoms with E-state index in [1.165, 1.54) is 0 Å². The van der Waals surface area contributed by atoms with Gasteiger partial charge in [0.25, 0.3) is 0 Å². The van der Waals surface area contributed by atoms with Gasteiger partial charge in [0, 0.05) is 44.2 Å². The van der Waals surface area contributed by atoms with Crippen LogP contribution in [0.4, 0.5) is 5.82 Å². The summed E-state index contributed by atoms with van der Waals surface area (Å²) in [6, 6.07) is 7.61. The molecule has 27 heavy (non-hydrogen) atoms. The number of allylic oxidation sites excluding steroid dienone is 1. The van der Waals surface area contributed by atoms with Crippen molar-refractivity contribution in [2.75, 3.05) is 38.3 Å². The lowest BCUT2D eigenvalue weighted by molar-refractivity contribution is 0.122. The molecule has 1 aliphatic heterocycles. The van der Waals surface area contributed by atoms with Gasteiger partial charge in [-0.2, -0.15) is 0 Å². The molecule has 3 rings (SSSR count). The van der Waals surface area contributed by atoms with Crippen LogP contribution < -0.4 is 10.6 Å². The summed E-state index contributed by atoms with van der Waals surface area (Å²) in [4.78, 5) is 20.0. The Morgan fingerprint density at radius 2 is 2.15 bits per heavy atom. The summed E-state index contributed by atoms with van der Waals surface area (Å²) in [5, 5.41) is 0. The van der Waals surface area contributed by atoms with Gasteiger partial charge in [-0.05, 0) is 19.1 Å². The Bertz CT molecular complexity index is 812. The van der Waals surface area contributed by atoms with Gasteiger partial charge in [0.15, 0.2) is 5.82 Å². The standard InChI is InChI=1S/C19H24N6O2/c1-14(20)11-18(21-2)27-13-15-12-17(25-7-9-26-10-8-25)24-19(23-15)16-5-3-4-6-22-16/h3-6,11-12H,7-10,13,20H2,1-2H3. The van der Waals surface area contributed by atoms with Crippen LogP contribution in [-0.4, -0.2) is 54.2 Å². The third kappa shape index (κ3) is 5.24. The minimum absolute atomic E-state index is 0.260. The van der Waals surface area contributed by atoms with E-state index in [2.05, 4.69) is 19.9 Å². The number of anilines is 1. The molecule has 1 aliphatic rings. The zero-order valence-corrected chi connectivity index (χ0v) is 15.6. The van der Waals surface area contributed by atoms with E-state index in [0.29, 0.717) is 30.6 Å².